The lowest BCUT2D eigenvalue weighted by atomic mass is 10.1. The van der Waals surface area contributed by atoms with Gasteiger partial charge in [-0.05, 0) is 45.4 Å². The van der Waals surface area contributed by atoms with Crippen LogP contribution in [0.25, 0.3) is 0 Å². The third kappa shape index (κ3) is 5.51. The van der Waals surface area contributed by atoms with Gasteiger partial charge in [0.15, 0.2) is 0 Å². The monoisotopic (exact) mass is 439 g/mol. The van der Waals surface area contributed by atoms with Crippen LogP contribution in [-0.2, 0) is 14.8 Å². The van der Waals surface area contributed by atoms with Crippen molar-refractivity contribution < 1.29 is 22.7 Å². The largest absolute Gasteiger partial charge is 0.444 e. The minimum Gasteiger partial charge on any atom is -0.444 e. The highest BCUT2D eigenvalue weighted by molar-refractivity contribution is 7.89. The molecule has 30 heavy (non-hydrogen) atoms. The van der Waals surface area contributed by atoms with Crippen LogP contribution < -0.4 is 0 Å². The molecule has 1 aliphatic heterocycles. The number of hydrogen-bond donors (Lipinski definition) is 0. The maximum atomic E-state index is 13.0. The molecular formula is C21H33N3O5S. The number of rotatable bonds is 5. The Hall–Kier alpha value is -2.13. The van der Waals surface area contributed by atoms with Gasteiger partial charge in [0.1, 0.15) is 5.60 Å². The number of piperazine rings is 1. The molecule has 2 rings (SSSR count). The highest BCUT2D eigenvalue weighted by atomic mass is 32.2. The molecule has 0 aliphatic carbocycles. The van der Waals surface area contributed by atoms with Gasteiger partial charge in [0.05, 0.1) is 4.90 Å². The molecule has 1 aromatic rings. The standard InChI is InChI=1S/C21H33N3O5S/c1-7-24(8-2)30(27,28)18-15-17(10-9-16(18)3)19(25)22-11-13-23(14-12-22)20(26)29-21(4,5)6/h9-10,15H,7-8,11-14H2,1-6H3. The fourth-order valence-corrected chi connectivity index (χ4v) is 5.02. The highest BCUT2D eigenvalue weighted by Gasteiger charge is 2.29. The van der Waals surface area contributed by atoms with Gasteiger partial charge in [-0.2, -0.15) is 4.31 Å². The molecule has 1 fully saturated rings. The minimum absolute atomic E-state index is 0.157. The van der Waals surface area contributed by atoms with Crippen molar-refractivity contribution >= 4 is 22.0 Å². The zero-order valence-corrected chi connectivity index (χ0v) is 19.6. The predicted octanol–water partition coefficient (Wildman–Crippen LogP) is 2.72. The third-order valence-electron chi connectivity index (χ3n) is 4.98. The van der Waals surface area contributed by atoms with E-state index in [0.29, 0.717) is 50.4 Å². The molecule has 0 spiro atoms. The fourth-order valence-electron chi connectivity index (χ4n) is 3.31. The second-order valence-electron chi connectivity index (χ2n) is 8.33. The number of ether oxygens (including phenoxy) is 1. The summed E-state index contributed by atoms with van der Waals surface area (Å²) in [6, 6.07) is 4.78. The van der Waals surface area contributed by atoms with Gasteiger partial charge >= 0.3 is 6.09 Å². The summed E-state index contributed by atoms with van der Waals surface area (Å²) >= 11 is 0. The first-order chi connectivity index (χ1) is 13.9. The van der Waals surface area contributed by atoms with Crippen LogP contribution in [0.2, 0.25) is 0 Å². The summed E-state index contributed by atoms with van der Waals surface area (Å²) in [5, 5.41) is 0. The molecule has 9 heteroatoms. The van der Waals surface area contributed by atoms with E-state index in [0.717, 1.165) is 0 Å². The molecule has 1 aliphatic rings. The van der Waals surface area contributed by atoms with Crippen LogP contribution in [0.4, 0.5) is 4.79 Å². The van der Waals surface area contributed by atoms with Crippen molar-refractivity contribution in [1.29, 1.82) is 0 Å². The summed E-state index contributed by atoms with van der Waals surface area (Å²) in [5.41, 5.74) is 0.365. The summed E-state index contributed by atoms with van der Waals surface area (Å²) in [4.78, 5) is 28.6. The molecule has 0 bridgehead atoms. The molecule has 1 heterocycles. The zero-order chi connectivity index (χ0) is 22.7. The van der Waals surface area contributed by atoms with Crippen molar-refractivity contribution in [3.8, 4) is 0 Å². The minimum atomic E-state index is -3.66. The lowest BCUT2D eigenvalue weighted by Crippen LogP contribution is -2.51. The smallest absolute Gasteiger partial charge is 0.410 e. The molecule has 2 amide bonds. The molecule has 168 valence electrons. The van der Waals surface area contributed by atoms with E-state index < -0.39 is 21.7 Å². The normalized spacial score (nSPS) is 15.4. The van der Waals surface area contributed by atoms with Crippen molar-refractivity contribution in [3.05, 3.63) is 29.3 Å². The molecule has 0 atom stereocenters. The van der Waals surface area contributed by atoms with E-state index in [4.69, 9.17) is 4.74 Å². The topological polar surface area (TPSA) is 87.2 Å². The summed E-state index contributed by atoms with van der Waals surface area (Å²) in [5.74, 6) is -0.241. The van der Waals surface area contributed by atoms with Gasteiger partial charge in [-0.3, -0.25) is 4.79 Å². The van der Waals surface area contributed by atoms with Crippen LogP contribution in [0.5, 0.6) is 0 Å². The molecule has 0 radical (unpaired) electrons. The zero-order valence-electron chi connectivity index (χ0n) is 18.8. The Morgan fingerprint density at radius 3 is 2.07 bits per heavy atom. The fraction of sp³-hybridized carbons (Fsp3) is 0.619. The van der Waals surface area contributed by atoms with E-state index in [2.05, 4.69) is 0 Å². The molecule has 0 aromatic heterocycles. The van der Waals surface area contributed by atoms with E-state index in [9.17, 15) is 18.0 Å². The van der Waals surface area contributed by atoms with Crippen molar-refractivity contribution in [1.82, 2.24) is 14.1 Å². The van der Waals surface area contributed by atoms with Crippen LogP contribution in [0.15, 0.2) is 23.1 Å². The molecule has 0 unspecified atom stereocenters. The van der Waals surface area contributed by atoms with Crippen LogP contribution in [-0.4, -0.2) is 79.4 Å². The Balaban J connectivity index is 2.15. The summed E-state index contributed by atoms with van der Waals surface area (Å²) < 4.78 is 32.6. The van der Waals surface area contributed by atoms with Gasteiger partial charge in [-0.1, -0.05) is 19.9 Å². The van der Waals surface area contributed by atoms with E-state index >= 15 is 0 Å². The molecule has 1 aromatic carbocycles. The van der Waals surface area contributed by atoms with Gasteiger partial charge in [0.25, 0.3) is 5.91 Å². The van der Waals surface area contributed by atoms with Crippen molar-refractivity contribution in [2.24, 2.45) is 0 Å². The van der Waals surface area contributed by atoms with Gasteiger partial charge in [-0.15, -0.1) is 0 Å². The number of hydrogen-bond acceptors (Lipinski definition) is 5. The quantitative estimate of drug-likeness (QED) is 0.704. The SMILES string of the molecule is CCN(CC)S(=O)(=O)c1cc(C(=O)N2CCN(C(=O)OC(C)(C)C)CC2)ccc1C. The van der Waals surface area contributed by atoms with E-state index in [-0.39, 0.29) is 10.8 Å². The average Bonchev–Trinajstić information content (AvgIpc) is 2.67. The highest BCUT2D eigenvalue weighted by Crippen LogP contribution is 2.22. The summed E-state index contributed by atoms with van der Waals surface area (Å²) in [7, 11) is -3.66. The number of carbonyl (C=O) groups is 2. The Kier molecular flexibility index (Phi) is 7.52. The van der Waals surface area contributed by atoms with Gasteiger partial charge in [0.2, 0.25) is 10.0 Å². The number of carbonyl (C=O) groups excluding carboxylic acids is 2. The third-order valence-corrected chi connectivity index (χ3v) is 7.17. The Labute approximate surface area is 179 Å². The maximum Gasteiger partial charge on any atom is 0.410 e. The van der Waals surface area contributed by atoms with Crippen LogP contribution in [0.3, 0.4) is 0 Å². The van der Waals surface area contributed by atoms with Gasteiger partial charge in [-0.25, -0.2) is 13.2 Å². The average molecular weight is 440 g/mol. The molecule has 0 N–H and O–H groups in total. The molecular weight excluding hydrogens is 406 g/mol. The van der Waals surface area contributed by atoms with Crippen molar-refractivity contribution in [2.75, 3.05) is 39.3 Å². The lowest BCUT2D eigenvalue weighted by Gasteiger charge is -2.35. The molecule has 1 saturated heterocycles. The maximum absolute atomic E-state index is 13.0. The van der Waals surface area contributed by atoms with Crippen LogP contribution >= 0.6 is 0 Å². The Bertz CT molecular complexity index is 880. The van der Waals surface area contributed by atoms with Gasteiger partial charge < -0.3 is 14.5 Å². The predicted molar refractivity (Wildman–Crippen MR) is 115 cm³/mol. The first kappa shape index (κ1) is 24.1. The number of aryl methyl sites for hydroxylation is 1. The summed E-state index contributed by atoms with van der Waals surface area (Å²) in [6.45, 7) is 12.9. The second-order valence-corrected chi connectivity index (χ2v) is 10.2. The summed E-state index contributed by atoms with van der Waals surface area (Å²) in [6.07, 6.45) is -0.391. The van der Waals surface area contributed by atoms with E-state index in [1.807, 2.05) is 20.8 Å². The number of sulfonamides is 1. The van der Waals surface area contributed by atoms with Crippen LogP contribution in [0, 0.1) is 6.92 Å². The number of nitrogens with zero attached hydrogens (tertiary/aromatic N) is 3. The van der Waals surface area contributed by atoms with Crippen LogP contribution in [0.1, 0.15) is 50.5 Å². The number of benzene rings is 1. The lowest BCUT2D eigenvalue weighted by molar-refractivity contribution is 0.0141. The van der Waals surface area contributed by atoms with E-state index in [1.54, 1.807) is 42.7 Å². The van der Waals surface area contributed by atoms with Crippen molar-refractivity contribution in [3.63, 3.8) is 0 Å². The first-order valence-electron chi connectivity index (χ1n) is 10.3. The van der Waals surface area contributed by atoms with Gasteiger partial charge in [0, 0.05) is 44.8 Å². The molecule has 0 saturated carbocycles. The molecule has 8 nitrogen and oxygen atoms in total. The van der Waals surface area contributed by atoms with Crippen molar-refractivity contribution in [2.45, 2.75) is 52.0 Å². The second kappa shape index (κ2) is 9.34. The first-order valence-corrected chi connectivity index (χ1v) is 11.7. The Morgan fingerprint density at radius 2 is 1.57 bits per heavy atom. The number of amides is 2. The Morgan fingerprint density at radius 1 is 1.03 bits per heavy atom. The van der Waals surface area contributed by atoms with E-state index in [1.165, 1.54) is 10.4 Å².